The molecule has 31 heavy (non-hydrogen) atoms. The molecule has 0 N–H and O–H groups in total. The van der Waals surface area contributed by atoms with E-state index in [-0.39, 0.29) is 16.6 Å². The van der Waals surface area contributed by atoms with Gasteiger partial charge in [-0.05, 0) is 101 Å². The van der Waals surface area contributed by atoms with Gasteiger partial charge in [-0.25, -0.2) is 0 Å². The summed E-state index contributed by atoms with van der Waals surface area (Å²) < 4.78 is 12.6. The molecule has 0 radical (unpaired) electrons. The summed E-state index contributed by atoms with van der Waals surface area (Å²) in [7, 11) is 2.24. The Balaban J connectivity index is 1.38. The number of likely N-dealkylation sites (N-methyl/N-ethyl adjacent to an activating group) is 1. The van der Waals surface area contributed by atoms with E-state index in [0.717, 1.165) is 39.2 Å². The van der Waals surface area contributed by atoms with E-state index in [1.807, 2.05) is 0 Å². The molecule has 2 saturated heterocycles. The minimum absolute atomic E-state index is 0.101. The molecular weight excluding hydrogens is 386 g/mol. The van der Waals surface area contributed by atoms with E-state index in [0.29, 0.717) is 24.4 Å². The minimum Gasteiger partial charge on any atom is -0.375 e. The molecule has 0 aromatic heterocycles. The lowest BCUT2D eigenvalue weighted by atomic mass is 9.94. The average molecular weight is 438 g/mol. The lowest BCUT2D eigenvalue weighted by molar-refractivity contribution is -0.0404. The van der Waals surface area contributed by atoms with Crippen molar-refractivity contribution in [2.75, 3.05) is 39.8 Å². The van der Waals surface area contributed by atoms with Crippen LogP contribution in [0.2, 0.25) is 0 Å². The van der Waals surface area contributed by atoms with E-state index in [9.17, 15) is 0 Å². The molecule has 3 atom stereocenters. The highest BCUT2D eigenvalue weighted by molar-refractivity contribution is 5.01. The van der Waals surface area contributed by atoms with Gasteiger partial charge in [0, 0.05) is 42.3 Å². The summed E-state index contributed by atoms with van der Waals surface area (Å²) in [6, 6.07) is 0.614. The molecule has 0 spiro atoms. The maximum absolute atomic E-state index is 6.41. The highest BCUT2D eigenvalue weighted by atomic mass is 16.5. The van der Waals surface area contributed by atoms with Crippen molar-refractivity contribution >= 4 is 0 Å². The van der Waals surface area contributed by atoms with Crippen LogP contribution in [0.15, 0.2) is 0 Å². The van der Waals surface area contributed by atoms with Crippen LogP contribution >= 0.6 is 0 Å². The van der Waals surface area contributed by atoms with Crippen molar-refractivity contribution in [1.82, 2.24) is 14.7 Å². The maximum Gasteiger partial charge on any atom is 0.0766 e. The van der Waals surface area contributed by atoms with Gasteiger partial charge in [-0.15, -0.1) is 0 Å². The summed E-state index contributed by atoms with van der Waals surface area (Å²) in [5.41, 5.74) is 0.500. The topological polar surface area (TPSA) is 28.2 Å². The van der Waals surface area contributed by atoms with E-state index >= 15 is 0 Å². The second kappa shape index (κ2) is 9.58. The molecule has 182 valence electrons. The quantitative estimate of drug-likeness (QED) is 0.505. The molecule has 5 nitrogen and oxygen atoms in total. The summed E-state index contributed by atoms with van der Waals surface area (Å²) in [5, 5.41) is 0. The van der Waals surface area contributed by atoms with Crippen LogP contribution in [0.5, 0.6) is 0 Å². The first-order chi connectivity index (χ1) is 14.3. The summed E-state index contributed by atoms with van der Waals surface area (Å²) in [4.78, 5) is 7.74. The molecule has 0 aromatic rings. The first kappa shape index (κ1) is 25.4. The average Bonchev–Trinajstić information content (AvgIpc) is 3.28. The summed E-state index contributed by atoms with van der Waals surface area (Å²) >= 11 is 0. The second-order valence-electron chi connectivity index (χ2n) is 12.7. The van der Waals surface area contributed by atoms with Crippen molar-refractivity contribution in [3.05, 3.63) is 0 Å². The number of hydrogen-bond donors (Lipinski definition) is 0. The Labute approximate surface area is 192 Å². The standard InChI is InChI=1S/C26H51N3O2/c1-20-18-22(31-21-10-11-21)19-28(20)25(5,6)13-15-27(9)16-17-30-23-12-14-29(24(2,3)4)26(23,7)8/h20-23H,10-19H2,1-9H3/t20?,22?,23-/m0/s1. The molecule has 3 rings (SSSR count). The lowest BCUT2D eigenvalue weighted by Crippen LogP contribution is -2.54. The Kier molecular flexibility index (Phi) is 7.86. The third-order valence-electron chi connectivity index (χ3n) is 8.03. The summed E-state index contributed by atoms with van der Waals surface area (Å²) in [6.45, 7) is 24.0. The summed E-state index contributed by atoms with van der Waals surface area (Å²) in [6.07, 6.45) is 7.37. The third-order valence-corrected chi connectivity index (χ3v) is 8.03. The van der Waals surface area contributed by atoms with Crippen LogP contribution < -0.4 is 0 Å². The van der Waals surface area contributed by atoms with Crippen LogP contribution in [-0.4, -0.2) is 95.5 Å². The van der Waals surface area contributed by atoms with Gasteiger partial charge in [0.05, 0.1) is 24.9 Å². The van der Waals surface area contributed by atoms with Crippen molar-refractivity contribution in [2.24, 2.45) is 0 Å². The highest BCUT2D eigenvalue weighted by Gasteiger charge is 2.46. The predicted octanol–water partition coefficient (Wildman–Crippen LogP) is 4.40. The third kappa shape index (κ3) is 6.44. The zero-order valence-electron chi connectivity index (χ0n) is 22.0. The van der Waals surface area contributed by atoms with Gasteiger partial charge < -0.3 is 14.4 Å². The first-order valence-electron chi connectivity index (χ1n) is 12.8. The van der Waals surface area contributed by atoms with Crippen LogP contribution in [0.1, 0.15) is 87.5 Å². The molecule has 2 unspecified atom stereocenters. The Hall–Kier alpha value is -0.200. The Morgan fingerprint density at radius 1 is 1.00 bits per heavy atom. The van der Waals surface area contributed by atoms with Crippen molar-refractivity contribution in [3.63, 3.8) is 0 Å². The molecule has 1 saturated carbocycles. The fourth-order valence-corrected chi connectivity index (χ4v) is 6.02. The molecule has 0 aromatic carbocycles. The number of rotatable bonds is 10. The Morgan fingerprint density at radius 2 is 1.68 bits per heavy atom. The highest BCUT2D eigenvalue weighted by Crippen LogP contribution is 2.37. The van der Waals surface area contributed by atoms with Crippen molar-refractivity contribution in [2.45, 2.75) is 128 Å². The molecule has 2 heterocycles. The van der Waals surface area contributed by atoms with Crippen LogP contribution in [0, 0.1) is 0 Å². The van der Waals surface area contributed by atoms with Gasteiger partial charge in [-0.3, -0.25) is 9.80 Å². The SMILES string of the molecule is CC1CC(OC2CC2)CN1C(C)(C)CCN(C)CCO[C@H]1CCN(C(C)(C)C)C1(C)C. The van der Waals surface area contributed by atoms with E-state index < -0.39 is 0 Å². The fraction of sp³-hybridized carbons (Fsp3) is 1.00. The normalized spacial score (nSPS) is 30.6. The number of nitrogens with zero attached hydrogens (tertiary/aromatic N) is 3. The zero-order chi connectivity index (χ0) is 23.0. The monoisotopic (exact) mass is 437 g/mol. The van der Waals surface area contributed by atoms with Gasteiger partial charge in [-0.1, -0.05) is 0 Å². The van der Waals surface area contributed by atoms with Gasteiger partial charge in [0.25, 0.3) is 0 Å². The van der Waals surface area contributed by atoms with Gasteiger partial charge in [0.1, 0.15) is 0 Å². The molecule has 5 heteroatoms. The second-order valence-corrected chi connectivity index (χ2v) is 12.7. The minimum atomic E-state index is 0.101. The molecule has 3 aliphatic rings. The number of ether oxygens (including phenoxy) is 2. The van der Waals surface area contributed by atoms with Crippen LogP contribution in [0.3, 0.4) is 0 Å². The van der Waals surface area contributed by atoms with Crippen molar-refractivity contribution < 1.29 is 9.47 Å². The maximum atomic E-state index is 6.41. The van der Waals surface area contributed by atoms with Crippen LogP contribution in [-0.2, 0) is 9.47 Å². The molecule has 0 bridgehead atoms. The molecule has 1 aliphatic carbocycles. The largest absolute Gasteiger partial charge is 0.375 e. The molecular formula is C26H51N3O2. The Bertz CT molecular complexity index is 582. The van der Waals surface area contributed by atoms with Gasteiger partial charge in [-0.2, -0.15) is 0 Å². The van der Waals surface area contributed by atoms with Gasteiger partial charge >= 0.3 is 0 Å². The Morgan fingerprint density at radius 3 is 2.26 bits per heavy atom. The lowest BCUT2D eigenvalue weighted by Gasteiger charge is -2.44. The van der Waals surface area contributed by atoms with Crippen molar-refractivity contribution in [1.29, 1.82) is 0 Å². The van der Waals surface area contributed by atoms with Gasteiger partial charge in [0.15, 0.2) is 0 Å². The number of hydrogen-bond acceptors (Lipinski definition) is 5. The smallest absolute Gasteiger partial charge is 0.0766 e. The van der Waals surface area contributed by atoms with Crippen LogP contribution in [0.4, 0.5) is 0 Å². The zero-order valence-corrected chi connectivity index (χ0v) is 22.0. The predicted molar refractivity (Wildman–Crippen MR) is 130 cm³/mol. The van der Waals surface area contributed by atoms with E-state index in [2.05, 4.69) is 77.1 Å². The van der Waals surface area contributed by atoms with E-state index in [1.54, 1.807) is 0 Å². The van der Waals surface area contributed by atoms with Crippen molar-refractivity contribution in [3.8, 4) is 0 Å². The first-order valence-corrected chi connectivity index (χ1v) is 12.8. The van der Waals surface area contributed by atoms with Gasteiger partial charge in [0.2, 0.25) is 0 Å². The molecule has 2 aliphatic heterocycles. The number of likely N-dealkylation sites (tertiary alicyclic amines) is 2. The van der Waals surface area contributed by atoms with E-state index in [4.69, 9.17) is 9.47 Å². The fourth-order valence-electron chi connectivity index (χ4n) is 6.02. The summed E-state index contributed by atoms with van der Waals surface area (Å²) in [5.74, 6) is 0. The van der Waals surface area contributed by atoms with E-state index in [1.165, 1.54) is 25.7 Å². The molecule has 3 fully saturated rings. The van der Waals surface area contributed by atoms with Crippen LogP contribution in [0.25, 0.3) is 0 Å². The molecule has 0 amide bonds.